The zero-order valence-corrected chi connectivity index (χ0v) is 52.4. The number of carbonyl (C=O) groups excluding carboxylic acids is 8. The summed E-state index contributed by atoms with van der Waals surface area (Å²) in [6.45, 7) is 1.38. The normalized spacial score (nSPS) is 12.5. The van der Waals surface area contributed by atoms with Crippen molar-refractivity contribution in [3.63, 3.8) is 0 Å². The zero-order valence-electron chi connectivity index (χ0n) is 52.4. The number of anilines is 4. The monoisotopic (exact) mass is 1270 g/mol. The first-order valence-electron chi connectivity index (χ1n) is 30.3. The van der Waals surface area contributed by atoms with Gasteiger partial charge in [-0.3, -0.25) is 38.4 Å². The summed E-state index contributed by atoms with van der Waals surface area (Å²) in [5, 5.41) is 31.9. The van der Waals surface area contributed by atoms with Gasteiger partial charge in [-0.25, -0.2) is 4.79 Å². The van der Waals surface area contributed by atoms with E-state index in [4.69, 9.17) is 47.6 Å². The van der Waals surface area contributed by atoms with Crippen LogP contribution in [0.1, 0.15) is 124 Å². The number of benzene rings is 5. The van der Waals surface area contributed by atoms with Crippen molar-refractivity contribution in [3.8, 4) is 23.0 Å². The van der Waals surface area contributed by atoms with Crippen LogP contribution in [-0.4, -0.2) is 143 Å². The van der Waals surface area contributed by atoms with Gasteiger partial charge in [-0.15, -0.1) is 0 Å². The molecular weight excluding hydrogens is 1190 g/mol. The van der Waals surface area contributed by atoms with Gasteiger partial charge >= 0.3 is 5.97 Å². The molecule has 5 aromatic rings. The smallest absolute Gasteiger partial charge is 0.326 e. The number of rotatable bonds is 39. The van der Waals surface area contributed by atoms with E-state index in [0.717, 1.165) is 0 Å². The highest BCUT2D eigenvalue weighted by Gasteiger charge is 2.30. The van der Waals surface area contributed by atoms with Crippen molar-refractivity contribution < 1.29 is 67.2 Å². The Hall–Kier alpha value is -9.67. The summed E-state index contributed by atoms with van der Waals surface area (Å²) in [7, 11) is 5.37. The highest BCUT2D eigenvalue weighted by atomic mass is 16.5. The minimum Gasteiger partial charge on any atom is -0.496 e. The summed E-state index contributed by atoms with van der Waals surface area (Å²) >= 11 is 0. The molecule has 92 heavy (non-hydrogen) atoms. The Bertz CT molecular complexity index is 3320. The molecule has 27 nitrogen and oxygen atoms in total. The number of unbranched alkanes of at least 4 members (excludes halogenated alkanes) is 4. The maximum atomic E-state index is 14.3. The Kier molecular flexibility index (Phi) is 30.3. The Morgan fingerprint density at radius 3 is 0.946 bits per heavy atom. The predicted molar refractivity (Wildman–Crippen MR) is 349 cm³/mol. The molecule has 0 bridgehead atoms. The number of aliphatic carboxylic acids is 1. The van der Waals surface area contributed by atoms with Crippen LogP contribution in [0.3, 0.4) is 0 Å². The quantitative estimate of drug-likeness (QED) is 0.0246. The fourth-order valence-corrected chi connectivity index (χ4v) is 9.69. The fourth-order valence-electron chi connectivity index (χ4n) is 9.69. The third-order valence-electron chi connectivity index (χ3n) is 14.7. The molecule has 0 saturated heterocycles. The van der Waals surface area contributed by atoms with E-state index in [1.54, 1.807) is 36.4 Å². The topological polar surface area (TPSA) is 437 Å². The van der Waals surface area contributed by atoms with Gasteiger partial charge < -0.3 is 95.3 Å². The lowest BCUT2D eigenvalue weighted by Crippen LogP contribution is -2.44. The molecular formula is C65H87N13O14. The second-order valence-electron chi connectivity index (χ2n) is 21.5. The van der Waals surface area contributed by atoms with E-state index in [1.807, 2.05) is 0 Å². The third kappa shape index (κ3) is 22.4. The molecule has 0 radical (unpaired) electrons. The number of hydrogen-bond donors (Lipinski definition) is 14. The lowest BCUT2D eigenvalue weighted by molar-refractivity contribution is -0.139. The lowest BCUT2D eigenvalue weighted by Gasteiger charge is -2.22. The van der Waals surface area contributed by atoms with Crippen molar-refractivity contribution in [2.24, 2.45) is 28.7 Å². The Labute approximate surface area is 534 Å². The van der Waals surface area contributed by atoms with Gasteiger partial charge in [0.1, 0.15) is 47.2 Å². The molecule has 496 valence electrons. The van der Waals surface area contributed by atoms with E-state index in [2.05, 4.69) is 42.5 Å². The standard InChI is InChI=1S/C65H87N13O14/c1-89-53-26-22-40(71-61(83)48(70)18-8-12-30-66)35-44(53)57(79)75-49(19-9-13-31-67)62(84)72-41-23-27-54(90-2)45(36-41)58(80)76-50(20-10-14-32-68)63(85)73-42-24-28-55(91-3)46(37-42)59(81)77-51(21-11-15-33-69)64(86)74-43-25-29-56(92-4)47(38-43)60(82)78-52(65(87)88)34-39-16-6-5-7-17-39/h5-7,16-17,22-29,35-38,48-52H,8-15,18-21,30-34,66-70H2,1-4H3,(H,71,83)(H,72,84)(H,73,85)(H,74,86)(H,75,79)(H,76,80)(H,77,81)(H,78,82)(H,87,88)/t48-,49-,50-,51-,52-/m0/s1. The summed E-state index contributed by atoms with van der Waals surface area (Å²) in [6, 6.07) is 20.4. The largest absolute Gasteiger partial charge is 0.496 e. The molecule has 5 rings (SSSR count). The van der Waals surface area contributed by atoms with Gasteiger partial charge in [0.05, 0.1) is 56.7 Å². The van der Waals surface area contributed by atoms with Gasteiger partial charge in [0.25, 0.3) is 23.6 Å². The molecule has 5 aromatic carbocycles. The molecule has 0 aliphatic heterocycles. The molecule has 19 N–H and O–H groups in total. The van der Waals surface area contributed by atoms with E-state index in [-0.39, 0.29) is 93.7 Å². The summed E-state index contributed by atoms with van der Waals surface area (Å²) in [5.74, 6) is -6.27. The van der Waals surface area contributed by atoms with Gasteiger partial charge in [0.15, 0.2) is 0 Å². The molecule has 0 aliphatic carbocycles. The van der Waals surface area contributed by atoms with E-state index < -0.39 is 83.4 Å². The van der Waals surface area contributed by atoms with Gasteiger partial charge in [0, 0.05) is 29.2 Å². The van der Waals surface area contributed by atoms with Crippen LogP contribution in [0, 0.1) is 0 Å². The molecule has 0 saturated carbocycles. The van der Waals surface area contributed by atoms with Crippen molar-refractivity contribution in [2.75, 3.05) is 75.9 Å². The number of nitrogens with two attached hydrogens (primary N) is 5. The van der Waals surface area contributed by atoms with Gasteiger partial charge in [-0.2, -0.15) is 0 Å². The number of carboxylic acid groups (broad SMARTS) is 1. The molecule has 0 unspecified atom stereocenters. The average Bonchev–Trinajstić information content (AvgIpc) is 0.979. The number of hydrogen-bond acceptors (Lipinski definition) is 18. The SMILES string of the molecule is COc1ccc(NC(=O)[C@H](CCCCN)NC(=O)c2cc(NC(=O)[C@H](CCCCN)NC(=O)c3cc(NC(=O)[C@H](CCCCN)NC(=O)c4cc(NC(=O)[C@@H](N)CCCCN)ccc4OC)ccc3OC)ccc2OC)cc1C(=O)N[C@@H](Cc1ccccc1)C(=O)O. The molecule has 5 atom stereocenters. The minimum absolute atomic E-state index is 0.00272. The van der Waals surface area contributed by atoms with Crippen LogP contribution in [0.5, 0.6) is 23.0 Å². The summed E-state index contributed by atoms with van der Waals surface area (Å²) < 4.78 is 22.0. The Morgan fingerprint density at radius 1 is 0.380 bits per heavy atom. The predicted octanol–water partition coefficient (Wildman–Crippen LogP) is 4.14. The molecule has 27 heteroatoms. The van der Waals surface area contributed by atoms with Crippen molar-refractivity contribution in [2.45, 2.75) is 114 Å². The summed E-state index contributed by atoms with van der Waals surface area (Å²) in [4.78, 5) is 124. The van der Waals surface area contributed by atoms with E-state index in [0.29, 0.717) is 89.5 Å². The number of carbonyl (C=O) groups is 9. The van der Waals surface area contributed by atoms with E-state index in [9.17, 15) is 48.3 Å². The first-order valence-corrected chi connectivity index (χ1v) is 30.3. The number of ether oxygens (including phenoxy) is 4. The van der Waals surface area contributed by atoms with Crippen LogP contribution in [0.2, 0.25) is 0 Å². The Balaban J connectivity index is 1.33. The Morgan fingerprint density at radius 2 is 0.663 bits per heavy atom. The second kappa shape index (κ2) is 38.1. The lowest BCUT2D eigenvalue weighted by atomic mass is 10.0. The highest BCUT2D eigenvalue weighted by Crippen LogP contribution is 2.29. The fraction of sp³-hybridized carbons (Fsp3) is 0.400. The van der Waals surface area contributed by atoms with Crippen LogP contribution in [0.15, 0.2) is 103 Å². The molecule has 0 aromatic heterocycles. The molecule has 8 amide bonds. The number of amides is 8. The molecule has 0 aliphatic rings. The van der Waals surface area contributed by atoms with E-state index in [1.165, 1.54) is 95.2 Å². The van der Waals surface area contributed by atoms with Crippen molar-refractivity contribution in [3.05, 3.63) is 131 Å². The van der Waals surface area contributed by atoms with Crippen LogP contribution in [0.25, 0.3) is 0 Å². The molecule has 0 heterocycles. The van der Waals surface area contributed by atoms with Crippen molar-refractivity contribution in [1.82, 2.24) is 21.3 Å². The van der Waals surface area contributed by atoms with E-state index >= 15 is 0 Å². The zero-order chi connectivity index (χ0) is 67.1. The average molecular weight is 1270 g/mol. The van der Waals surface area contributed by atoms with Crippen LogP contribution < -0.4 is 90.2 Å². The maximum Gasteiger partial charge on any atom is 0.326 e. The van der Waals surface area contributed by atoms with Crippen LogP contribution >= 0.6 is 0 Å². The molecule has 0 spiro atoms. The van der Waals surface area contributed by atoms with Gasteiger partial charge in [-0.05, 0) is 175 Å². The number of nitrogens with one attached hydrogen (secondary N) is 8. The minimum atomic E-state index is -1.30. The maximum absolute atomic E-state index is 14.3. The first kappa shape index (κ1) is 73.1. The summed E-state index contributed by atoms with van der Waals surface area (Å²) in [6.07, 6.45) is 4.97. The number of carboxylic acids is 1. The van der Waals surface area contributed by atoms with Gasteiger partial charge in [-0.1, -0.05) is 36.8 Å². The molecule has 0 fully saturated rings. The van der Waals surface area contributed by atoms with Crippen LogP contribution in [0.4, 0.5) is 22.7 Å². The van der Waals surface area contributed by atoms with Crippen molar-refractivity contribution in [1.29, 1.82) is 0 Å². The second-order valence-corrected chi connectivity index (χ2v) is 21.5. The highest BCUT2D eigenvalue weighted by molar-refractivity contribution is 6.08. The number of methoxy groups -OCH3 is 4. The van der Waals surface area contributed by atoms with Crippen molar-refractivity contribution >= 4 is 76.0 Å². The third-order valence-corrected chi connectivity index (χ3v) is 14.7. The first-order chi connectivity index (χ1) is 44.3. The summed E-state index contributed by atoms with van der Waals surface area (Å²) in [5.41, 5.74) is 30.2. The van der Waals surface area contributed by atoms with Crippen LogP contribution in [-0.2, 0) is 30.4 Å². The van der Waals surface area contributed by atoms with Gasteiger partial charge in [0.2, 0.25) is 23.6 Å².